The molecule has 0 amide bonds. The summed E-state index contributed by atoms with van der Waals surface area (Å²) in [6, 6.07) is -0.0273. The number of ketones is 1. The van der Waals surface area contributed by atoms with E-state index in [9.17, 15) is 4.79 Å². The van der Waals surface area contributed by atoms with E-state index in [0.29, 0.717) is 0 Å². The summed E-state index contributed by atoms with van der Waals surface area (Å²) in [7, 11) is 0. The van der Waals surface area contributed by atoms with E-state index in [1.54, 1.807) is 11.8 Å². The third-order valence-corrected chi connectivity index (χ3v) is 4.43. The quantitative estimate of drug-likeness (QED) is 0.542. The first-order chi connectivity index (χ1) is 8.99. The molecule has 0 radical (unpaired) electrons. The van der Waals surface area contributed by atoms with Gasteiger partial charge in [0.05, 0.1) is 11.6 Å². The second-order valence-electron chi connectivity index (χ2n) is 5.15. The molecule has 0 rings (SSSR count). The van der Waals surface area contributed by atoms with Gasteiger partial charge in [-0.25, -0.2) is 0 Å². The average Bonchev–Trinajstić information content (AvgIpc) is 2.39. The number of hydrogen-bond donors (Lipinski definition) is 2. The molecule has 0 spiro atoms. The van der Waals surface area contributed by atoms with Crippen LogP contribution in [0.15, 0.2) is 0 Å². The molecule has 0 heterocycles. The molecule has 0 aliphatic rings. The summed E-state index contributed by atoms with van der Waals surface area (Å²) < 4.78 is 0. The van der Waals surface area contributed by atoms with Crippen LogP contribution in [-0.4, -0.2) is 54.5 Å². The Kier molecular flexibility index (Phi) is 11.2. The number of carbonyl (C=O) groups excluding carboxylic acids is 1. The molecule has 0 fully saturated rings. The van der Waals surface area contributed by atoms with Gasteiger partial charge in [-0.3, -0.25) is 4.79 Å². The van der Waals surface area contributed by atoms with Crippen LogP contribution in [0.2, 0.25) is 0 Å². The van der Waals surface area contributed by atoms with Gasteiger partial charge in [-0.15, -0.1) is 0 Å². The fourth-order valence-corrected chi connectivity index (χ4v) is 2.85. The maximum atomic E-state index is 12.6. The third kappa shape index (κ3) is 8.23. The lowest BCUT2D eigenvalue weighted by molar-refractivity contribution is -0.126. The van der Waals surface area contributed by atoms with Crippen molar-refractivity contribution in [1.82, 2.24) is 10.6 Å². The van der Waals surface area contributed by atoms with Gasteiger partial charge >= 0.3 is 0 Å². The van der Waals surface area contributed by atoms with Gasteiger partial charge in [0.15, 0.2) is 5.78 Å². The maximum absolute atomic E-state index is 12.6. The first-order valence-electron chi connectivity index (χ1n) is 7.00. The first kappa shape index (κ1) is 19.3. The second-order valence-corrected chi connectivity index (χ2v) is 7.13. The van der Waals surface area contributed by atoms with Gasteiger partial charge in [-0.05, 0) is 63.8 Å². The van der Waals surface area contributed by atoms with Crippen molar-refractivity contribution in [3.8, 4) is 0 Å². The van der Waals surface area contributed by atoms with Crippen molar-refractivity contribution in [3.05, 3.63) is 0 Å². The van der Waals surface area contributed by atoms with Crippen LogP contribution in [0.1, 0.15) is 33.6 Å². The zero-order valence-electron chi connectivity index (χ0n) is 13.0. The van der Waals surface area contributed by atoms with Crippen molar-refractivity contribution in [1.29, 1.82) is 0 Å². The predicted molar refractivity (Wildman–Crippen MR) is 90.6 cm³/mol. The Balaban J connectivity index is 4.35. The fraction of sp³-hybridized carbons (Fsp3) is 0.929. The molecule has 0 aromatic carbocycles. The molecule has 5 heteroatoms. The van der Waals surface area contributed by atoms with Gasteiger partial charge in [0.2, 0.25) is 0 Å². The summed E-state index contributed by atoms with van der Waals surface area (Å²) >= 11 is 3.64. The normalized spacial score (nSPS) is 13.5. The minimum absolute atomic E-state index is 0.0273. The molecule has 3 nitrogen and oxygen atoms in total. The Morgan fingerprint density at radius 3 is 2.37 bits per heavy atom. The van der Waals surface area contributed by atoms with Crippen LogP contribution in [0.3, 0.4) is 0 Å². The van der Waals surface area contributed by atoms with Crippen LogP contribution in [0.25, 0.3) is 0 Å². The van der Waals surface area contributed by atoms with E-state index >= 15 is 0 Å². The summed E-state index contributed by atoms with van der Waals surface area (Å²) in [6.45, 7) is 7.79. The molecular weight excluding hydrogens is 276 g/mol. The number of rotatable bonds is 12. The number of carbonyl (C=O) groups is 1. The van der Waals surface area contributed by atoms with Crippen LogP contribution in [0.5, 0.6) is 0 Å². The number of thioether (sulfide) groups is 2. The lowest BCUT2D eigenvalue weighted by Crippen LogP contribution is -2.55. The molecule has 0 unspecified atom stereocenters. The van der Waals surface area contributed by atoms with Crippen LogP contribution in [0.4, 0.5) is 0 Å². The summed E-state index contributed by atoms with van der Waals surface area (Å²) in [5, 5.41) is 6.72. The number of likely N-dealkylation sites (N-methyl/N-ethyl adjacent to an activating group) is 1. The van der Waals surface area contributed by atoms with E-state index in [1.165, 1.54) is 0 Å². The van der Waals surface area contributed by atoms with E-state index in [4.69, 9.17) is 0 Å². The molecule has 0 saturated heterocycles. The highest BCUT2D eigenvalue weighted by Gasteiger charge is 2.32. The maximum Gasteiger partial charge on any atom is 0.169 e. The Morgan fingerprint density at radius 2 is 1.84 bits per heavy atom. The molecule has 0 aromatic heterocycles. The van der Waals surface area contributed by atoms with Gasteiger partial charge < -0.3 is 10.6 Å². The van der Waals surface area contributed by atoms with Gasteiger partial charge in [-0.2, -0.15) is 23.5 Å². The standard InChI is InChI=1S/C14H30N2OS2/c1-6-15-12(8-11-19-5)13(17)14(2,3)16-9-7-10-18-4/h12,15-16H,6-11H2,1-5H3/t12-/m0/s1. The van der Waals surface area contributed by atoms with Crippen LogP contribution < -0.4 is 10.6 Å². The lowest BCUT2D eigenvalue weighted by atomic mass is 9.91. The highest BCUT2D eigenvalue weighted by atomic mass is 32.2. The predicted octanol–water partition coefficient (Wildman–Crippen LogP) is 2.41. The lowest BCUT2D eigenvalue weighted by Gasteiger charge is -2.30. The summed E-state index contributed by atoms with van der Waals surface area (Å²) in [6.07, 6.45) is 6.21. The minimum atomic E-state index is -0.441. The van der Waals surface area contributed by atoms with Crippen molar-refractivity contribution in [2.45, 2.75) is 45.2 Å². The molecule has 0 aromatic rings. The Hall–Kier alpha value is 0.290. The van der Waals surface area contributed by atoms with E-state index in [-0.39, 0.29) is 11.8 Å². The van der Waals surface area contributed by atoms with Gasteiger partial charge in [0, 0.05) is 0 Å². The first-order valence-corrected chi connectivity index (χ1v) is 9.79. The van der Waals surface area contributed by atoms with Crippen LogP contribution in [-0.2, 0) is 4.79 Å². The van der Waals surface area contributed by atoms with E-state index in [2.05, 4.69) is 30.1 Å². The zero-order chi connectivity index (χ0) is 14.7. The highest BCUT2D eigenvalue weighted by Crippen LogP contribution is 2.12. The van der Waals surface area contributed by atoms with Gasteiger partial charge in [-0.1, -0.05) is 6.92 Å². The Labute approximate surface area is 127 Å². The van der Waals surface area contributed by atoms with E-state index < -0.39 is 5.54 Å². The van der Waals surface area contributed by atoms with Crippen molar-refractivity contribution in [3.63, 3.8) is 0 Å². The largest absolute Gasteiger partial charge is 0.308 e. The smallest absolute Gasteiger partial charge is 0.169 e. The molecule has 114 valence electrons. The van der Waals surface area contributed by atoms with Crippen molar-refractivity contribution in [2.24, 2.45) is 0 Å². The number of Topliss-reactive ketones (excluding diaryl/α,β-unsaturated/α-hetero) is 1. The van der Waals surface area contributed by atoms with Crippen LogP contribution in [0, 0.1) is 0 Å². The van der Waals surface area contributed by atoms with Gasteiger partial charge in [0.25, 0.3) is 0 Å². The van der Waals surface area contributed by atoms with Crippen molar-refractivity contribution >= 4 is 29.3 Å². The molecule has 0 bridgehead atoms. The SMILES string of the molecule is CCN[C@@H](CCSC)C(=O)C(C)(C)NCCCSC. The molecule has 19 heavy (non-hydrogen) atoms. The summed E-state index contributed by atoms with van der Waals surface area (Å²) in [5.41, 5.74) is -0.441. The minimum Gasteiger partial charge on any atom is -0.308 e. The Bertz CT molecular complexity index is 248. The molecule has 0 aliphatic heterocycles. The van der Waals surface area contributed by atoms with Crippen molar-refractivity contribution < 1.29 is 4.79 Å². The third-order valence-electron chi connectivity index (χ3n) is 3.09. The zero-order valence-corrected chi connectivity index (χ0v) is 14.7. The average molecular weight is 307 g/mol. The number of hydrogen-bond acceptors (Lipinski definition) is 5. The molecular formula is C14H30N2OS2. The van der Waals surface area contributed by atoms with Gasteiger partial charge in [0.1, 0.15) is 0 Å². The van der Waals surface area contributed by atoms with Crippen LogP contribution >= 0.6 is 23.5 Å². The highest BCUT2D eigenvalue weighted by molar-refractivity contribution is 7.98. The van der Waals surface area contributed by atoms with E-state index in [0.717, 1.165) is 37.4 Å². The monoisotopic (exact) mass is 306 g/mol. The molecule has 2 N–H and O–H groups in total. The van der Waals surface area contributed by atoms with E-state index in [1.807, 2.05) is 25.6 Å². The fourth-order valence-electron chi connectivity index (χ4n) is 1.95. The second kappa shape index (κ2) is 11.0. The summed E-state index contributed by atoms with van der Waals surface area (Å²) in [4.78, 5) is 12.6. The molecule has 1 atom stereocenters. The van der Waals surface area contributed by atoms with Crippen molar-refractivity contribution in [2.75, 3.05) is 37.1 Å². The number of nitrogens with one attached hydrogen (secondary N) is 2. The summed E-state index contributed by atoms with van der Waals surface area (Å²) in [5.74, 6) is 2.44. The Morgan fingerprint density at radius 1 is 1.21 bits per heavy atom. The topological polar surface area (TPSA) is 41.1 Å². The molecule has 0 aliphatic carbocycles. The molecule has 0 saturated carbocycles.